The lowest BCUT2D eigenvalue weighted by atomic mass is 9.88. The monoisotopic (exact) mass is 391 g/mol. The number of benzene rings is 1. The van der Waals surface area contributed by atoms with Crippen molar-refractivity contribution < 1.29 is 14.3 Å². The number of piperidine rings is 1. The van der Waals surface area contributed by atoms with E-state index in [-0.39, 0.29) is 11.4 Å². The quantitative estimate of drug-likeness (QED) is 0.742. The third-order valence-corrected chi connectivity index (χ3v) is 5.78. The highest BCUT2D eigenvalue weighted by atomic mass is 35.5. The number of hydrogen-bond acceptors (Lipinski definition) is 5. The van der Waals surface area contributed by atoms with Crippen LogP contribution in [0, 0.1) is 0 Å². The van der Waals surface area contributed by atoms with Gasteiger partial charge in [-0.3, -0.25) is 9.79 Å². The maximum absolute atomic E-state index is 12.6. The highest BCUT2D eigenvalue weighted by Gasteiger charge is 2.28. The zero-order chi connectivity index (χ0) is 19.4. The molecule has 1 saturated heterocycles. The van der Waals surface area contributed by atoms with Crippen LogP contribution in [0.1, 0.15) is 44.1 Å². The first-order chi connectivity index (χ1) is 13.0. The van der Waals surface area contributed by atoms with E-state index >= 15 is 0 Å². The lowest BCUT2D eigenvalue weighted by molar-refractivity contribution is -0.132. The van der Waals surface area contributed by atoms with Crippen molar-refractivity contribution in [3.8, 4) is 11.5 Å². The highest BCUT2D eigenvalue weighted by Crippen LogP contribution is 2.39. The van der Waals surface area contributed by atoms with Gasteiger partial charge in [0.1, 0.15) is 22.9 Å². The van der Waals surface area contributed by atoms with Crippen LogP contribution in [0.3, 0.4) is 0 Å². The molecule has 1 atom stereocenters. The molecule has 2 aliphatic heterocycles. The van der Waals surface area contributed by atoms with E-state index in [0.29, 0.717) is 35.3 Å². The number of rotatable bonds is 6. The van der Waals surface area contributed by atoms with Crippen LogP contribution < -0.4 is 9.47 Å². The molecule has 6 nitrogen and oxygen atoms in total. The number of likely N-dealkylation sites (tertiary alicyclic amines) is 1. The first-order valence-electron chi connectivity index (χ1n) is 9.23. The van der Waals surface area contributed by atoms with Crippen molar-refractivity contribution in [3.05, 3.63) is 22.7 Å². The summed E-state index contributed by atoms with van der Waals surface area (Å²) in [5.41, 5.74) is 0.814. The average Bonchev–Trinajstić information content (AvgIpc) is 3.13. The largest absolute Gasteiger partial charge is 0.495 e. The molecular weight excluding hydrogens is 366 g/mol. The second-order valence-corrected chi connectivity index (χ2v) is 7.65. The number of aliphatic imine (C=N–C) groups is 2. The molecule has 0 N–H and O–H groups in total. The maximum Gasteiger partial charge on any atom is 0.222 e. The lowest BCUT2D eigenvalue weighted by Gasteiger charge is -2.33. The second kappa shape index (κ2) is 8.30. The van der Waals surface area contributed by atoms with Gasteiger partial charge in [0.15, 0.2) is 0 Å². The Morgan fingerprint density at radius 2 is 1.89 bits per heavy atom. The summed E-state index contributed by atoms with van der Waals surface area (Å²) in [7, 11) is 3.20. The van der Waals surface area contributed by atoms with Gasteiger partial charge < -0.3 is 14.4 Å². The van der Waals surface area contributed by atoms with Gasteiger partial charge >= 0.3 is 0 Å². The third kappa shape index (κ3) is 4.43. The zero-order valence-corrected chi connectivity index (χ0v) is 16.8. The fourth-order valence-corrected chi connectivity index (χ4v) is 3.89. The number of methoxy groups -OCH3 is 2. The minimum absolute atomic E-state index is 0.191. The summed E-state index contributed by atoms with van der Waals surface area (Å²) in [6.45, 7) is 3.51. The summed E-state index contributed by atoms with van der Waals surface area (Å²) >= 11 is 6.26. The van der Waals surface area contributed by atoms with Crippen molar-refractivity contribution in [3.63, 3.8) is 0 Å². The second-order valence-electron chi connectivity index (χ2n) is 7.27. The summed E-state index contributed by atoms with van der Waals surface area (Å²) in [5, 5.41) is 0.489. The highest BCUT2D eigenvalue weighted by molar-refractivity contribution is 6.33. The van der Waals surface area contributed by atoms with Crippen LogP contribution in [-0.4, -0.2) is 56.2 Å². The molecular formula is C20H26ClN3O3. The molecule has 0 aromatic heterocycles. The molecule has 1 aromatic carbocycles. The van der Waals surface area contributed by atoms with Crippen LogP contribution in [0.4, 0.5) is 0 Å². The Bertz CT molecular complexity index is 718. The standard InChI is InChI=1S/C20H26ClN3O3/c1-20(12-22-13-23-20)7-4-18(25)24-8-5-14(6-9-24)15-10-16(26-2)19(21)17(11-15)27-3/h10-14H,4-9H2,1-3H3. The van der Waals surface area contributed by atoms with Crippen molar-refractivity contribution in [2.45, 2.75) is 44.1 Å². The first-order valence-corrected chi connectivity index (χ1v) is 9.61. The molecule has 7 heteroatoms. The van der Waals surface area contributed by atoms with E-state index in [2.05, 4.69) is 9.98 Å². The molecule has 0 radical (unpaired) electrons. The van der Waals surface area contributed by atoms with Crippen LogP contribution in [0.5, 0.6) is 11.5 Å². The van der Waals surface area contributed by atoms with Gasteiger partial charge in [0, 0.05) is 25.7 Å². The normalized spacial score (nSPS) is 22.3. The van der Waals surface area contributed by atoms with Crippen LogP contribution >= 0.6 is 11.6 Å². The number of halogens is 1. The predicted octanol–water partition coefficient (Wildman–Crippen LogP) is 3.71. The van der Waals surface area contributed by atoms with Gasteiger partial charge in [0.25, 0.3) is 0 Å². The molecule has 3 rings (SSSR count). The van der Waals surface area contributed by atoms with Crippen molar-refractivity contribution in [1.82, 2.24) is 4.90 Å². The smallest absolute Gasteiger partial charge is 0.222 e. The number of nitrogens with zero attached hydrogens (tertiary/aromatic N) is 3. The van der Waals surface area contributed by atoms with E-state index in [1.54, 1.807) is 20.6 Å². The molecule has 1 amide bonds. The molecule has 0 saturated carbocycles. The van der Waals surface area contributed by atoms with E-state index in [4.69, 9.17) is 21.1 Å². The molecule has 1 fully saturated rings. The number of carbonyl (C=O) groups is 1. The number of carbonyl (C=O) groups excluding carboxylic acids is 1. The Labute approximate surface area is 165 Å². The molecule has 2 aliphatic rings. The van der Waals surface area contributed by atoms with Crippen LogP contribution in [-0.2, 0) is 4.79 Å². The molecule has 0 spiro atoms. The maximum atomic E-state index is 12.6. The van der Waals surface area contributed by atoms with Crippen LogP contribution in [0.25, 0.3) is 0 Å². The van der Waals surface area contributed by atoms with Crippen molar-refractivity contribution in [2.75, 3.05) is 27.3 Å². The molecule has 27 heavy (non-hydrogen) atoms. The molecule has 146 valence electrons. The predicted molar refractivity (Wildman–Crippen MR) is 108 cm³/mol. The SMILES string of the molecule is COc1cc(C2CCN(C(=O)CCC3(C)C=NC=N3)CC2)cc(OC)c1Cl. The zero-order valence-electron chi connectivity index (χ0n) is 16.1. The van der Waals surface area contributed by atoms with Crippen molar-refractivity contribution in [2.24, 2.45) is 9.98 Å². The summed E-state index contributed by atoms with van der Waals surface area (Å²) < 4.78 is 10.7. The fraction of sp³-hybridized carbons (Fsp3) is 0.550. The molecule has 0 aliphatic carbocycles. The van der Waals surface area contributed by atoms with Gasteiger partial charge in [-0.25, -0.2) is 4.99 Å². The Hall–Kier alpha value is -2.08. The van der Waals surface area contributed by atoms with Gasteiger partial charge in [-0.15, -0.1) is 0 Å². The number of amides is 1. The third-order valence-electron chi connectivity index (χ3n) is 5.40. The lowest BCUT2D eigenvalue weighted by Crippen LogP contribution is -2.38. The summed E-state index contributed by atoms with van der Waals surface area (Å²) in [4.78, 5) is 22.9. The molecule has 1 unspecified atom stereocenters. The van der Waals surface area contributed by atoms with Gasteiger partial charge in [0.05, 0.1) is 19.8 Å². The van der Waals surface area contributed by atoms with Crippen molar-refractivity contribution >= 4 is 30.1 Å². The van der Waals surface area contributed by atoms with Gasteiger partial charge in [0.2, 0.25) is 5.91 Å². The summed E-state index contributed by atoms with van der Waals surface area (Å²) in [5.74, 6) is 1.79. The first kappa shape index (κ1) is 19.7. The Morgan fingerprint density at radius 1 is 1.26 bits per heavy atom. The minimum Gasteiger partial charge on any atom is -0.495 e. The number of hydrogen-bond donors (Lipinski definition) is 0. The van der Waals surface area contributed by atoms with Crippen LogP contribution in [0.2, 0.25) is 5.02 Å². The van der Waals surface area contributed by atoms with E-state index in [1.807, 2.05) is 30.2 Å². The fourth-order valence-electron chi connectivity index (χ4n) is 3.63. The molecule has 2 heterocycles. The summed E-state index contributed by atoms with van der Waals surface area (Å²) in [6.07, 6.45) is 6.38. The van der Waals surface area contributed by atoms with Gasteiger partial charge in [-0.05, 0) is 49.8 Å². The molecule has 1 aromatic rings. The van der Waals surface area contributed by atoms with Gasteiger partial charge in [-0.2, -0.15) is 0 Å². The van der Waals surface area contributed by atoms with Crippen molar-refractivity contribution in [1.29, 1.82) is 0 Å². The van der Waals surface area contributed by atoms with E-state index in [0.717, 1.165) is 31.5 Å². The van der Waals surface area contributed by atoms with Gasteiger partial charge in [-0.1, -0.05) is 11.6 Å². The Balaban J connectivity index is 1.58. The van der Waals surface area contributed by atoms with E-state index < -0.39 is 0 Å². The Kier molecular flexibility index (Phi) is 6.05. The Morgan fingerprint density at radius 3 is 2.41 bits per heavy atom. The summed E-state index contributed by atoms with van der Waals surface area (Å²) in [6, 6.07) is 3.95. The average molecular weight is 392 g/mol. The number of ether oxygens (including phenoxy) is 2. The topological polar surface area (TPSA) is 63.5 Å². The minimum atomic E-state index is -0.329. The van der Waals surface area contributed by atoms with E-state index in [1.165, 1.54) is 0 Å². The van der Waals surface area contributed by atoms with Crippen LogP contribution in [0.15, 0.2) is 22.1 Å². The van der Waals surface area contributed by atoms with E-state index in [9.17, 15) is 4.79 Å². The molecule has 0 bridgehead atoms.